The highest BCUT2D eigenvalue weighted by Crippen LogP contribution is 2.30. The quantitative estimate of drug-likeness (QED) is 0.564. The summed E-state index contributed by atoms with van der Waals surface area (Å²) in [6, 6.07) is 10.8. The van der Waals surface area contributed by atoms with Crippen LogP contribution in [-0.2, 0) is 5.41 Å². The molecule has 0 saturated carbocycles. The first-order valence-corrected chi connectivity index (χ1v) is 7.31. The van der Waals surface area contributed by atoms with E-state index in [4.69, 9.17) is 4.74 Å². The van der Waals surface area contributed by atoms with Crippen molar-refractivity contribution in [2.45, 2.75) is 39.0 Å². The van der Waals surface area contributed by atoms with Gasteiger partial charge in [0.2, 0.25) is 5.88 Å². The molecule has 0 bridgehead atoms. The summed E-state index contributed by atoms with van der Waals surface area (Å²) in [6.07, 6.45) is 3.45. The largest absolute Gasteiger partial charge is 0.439 e. The Morgan fingerprint density at radius 3 is 2.36 bits per heavy atom. The zero-order chi connectivity index (χ0) is 16.2. The topological polar surface area (TPSA) is 65.3 Å². The van der Waals surface area contributed by atoms with E-state index in [1.54, 1.807) is 0 Å². The number of aromatic nitrogens is 1. The van der Waals surface area contributed by atoms with Crippen molar-refractivity contribution in [3.8, 4) is 11.6 Å². The average Bonchev–Trinajstić information content (AvgIpc) is 2.48. The number of pyridine rings is 1. The molecule has 0 N–H and O–H groups in total. The van der Waals surface area contributed by atoms with Crippen molar-refractivity contribution in [1.82, 2.24) is 4.98 Å². The fourth-order valence-corrected chi connectivity index (χ4v) is 2.41. The molecule has 0 radical (unpaired) electrons. The predicted octanol–water partition coefficient (Wildman–Crippen LogP) is 4.86. The van der Waals surface area contributed by atoms with Gasteiger partial charge in [-0.1, -0.05) is 39.3 Å². The van der Waals surface area contributed by atoms with Crippen molar-refractivity contribution in [3.05, 3.63) is 58.3 Å². The maximum atomic E-state index is 10.6. The van der Waals surface area contributed by atoms with Gasteiger partial charge in [-0.25, -0.2) is 4.98 Å². The second kappa shape index (κ2) is 6.56. The maximum Gasteiger partial charge on any atom is 0.287 e. The van der Waals surface area contributed by atoms with Gasteiger partial charge in [-0.15, -0.1) is 0 Å². The van der Waals surface area contributed by atoms with Crippen LogP contribution in [0.15, 0.2) is 42.6 Å². The van der Waals surface area contributed by atoms with Crippen molar-refractivity contribution < 1.29 is 9.66 Å². The number of rotatable bonds is 6. The summed E-state index contributed by atoms with van der Waals surface area (Å²) in [7, 11) is 0. The number of nitrogens with zero attached hydrogens (tertiary/aromatic N) is 2. The Bertz CT molecular complexity index is 634. The van der Waals surface area contributed by atoms with Crippen LogP contribution in [0.25, 0.3) is 0 Å². The Kier molecular flexibility index (Phi) is 4.75. The van der Waals surface area contributed by atoms with Crippen LogP contribution in [0.5, 0.6) is 11.6 Å². The van der Waals surface area contributed by atoms with Gasteiger partial charge in [-0.3, -0.25) is 10.1 Å². The summed E-state index contributed by atoms with van der Waals surface area (Å²) in [5.41, 5.74) is 1.35. The van der Waals surface area contributed by atoms with Gasteiger partial charge in [0.25, 0.3) is 5.69 Å². The van der Waals surface area contributed by atoms with E-state index in [0.29, 0.717) is 11.6 Å². The Hall–Kier alpha value is -2.43. The zero-order valence-corrected chi connectivity index (χ0v) is 13.1. The number of nitro groups is 1. The van der Waals surface area contributed by atoms with Crippen LogP contribution in [0.4, 0.5) is 5.69 Å². The van der Waals surface area contributed by atoms with Crippen LogP contribution in [0.1, 0.15) is 39.2 Å². The second-order valence-electron chi connectivity index (χ2n) is 5.87. The van der Waals surface area contributed by atoms with E-state index in [9.17, 15) is 10.1 Å². The van der Waals surface area contributed by atoms with Gasteiger partial charge in [0.1, 0.15) is 11.9 Å². The van der Waals surface area contributed by atoms with E-state index in [0.717, 1.165) is 12.8 Å². The van der Waals surface area contributed by atoms with Crippen molar-refractivity contribution >= 4 is 5.69 Å². The third-order valence-electron chi connectivity index (χ3n) is 3.66. The molecule has 0 aliphatic rings. The number of ether oxygens (including phenoxy) is 1. The van der Waals surface area contributed by atoms with Gasteiger partial charge in [-0.2, -0.15) is 0 Å². The first-order chi connectivity index (χ1) is 10.4. The summed E-state index contributed by atoms with van der Waals surface area (Å²) in [5, 5.41) is 10.6. The fraction of sp³-hybridized carbons (Fsp3) is 0.353. The molecule has 0 saturated heterocycles. The third-order valence-corrected chi connectivity index (χ3v) is 3.66. The number of benzene rings is 1. The van der Waals surface area contributed by atoms with Crippen molar-refractivity contribution in [2.24, 2.45) is 0 Å². The normalized spacial score (nSPS) is 11.2. The molecule has 2 aromatic rings. The molecule has 0 amide bonds. The molecular formula is C17H20N2O3. The lowest BCUT2D eigenvalue weighted by Gasteiger charge is -2.24. The summed E-state index contributed by atoms with van der Waals surface area (Å²) >= 11 is 0. The molecule has 0 fully saturated rings. The summed E-state index contributed by atoms with van der Waals surface area (Å²) in [4.78, 5) is 14.0. The Morgan fingerprint density at radius 1 is 1.18 bits per heavy atom. The second-order valence-corrected chi connectivity index (χ2v) is 5.87. The van der Waals surface area contributed by atoms with Crippen LogP contribution in [0, 0.1) is 10.1 Å². The molecule has 1 aromatic carbocycles. The van der Waals surface area contributed by atoms with Crippen LogP contribution in [0.2, 0.25) is 0 Å². The molecule has 0 spiro atoms. The number of hydrogen-bond acceptors (Lipinski definition) is 4. The van der Waals surface area contributed by atoms with Crippen molar-refractivity contribution in [3.63, 3.8) is 0 Å². The third kappa shape index (κ3) is 3.81. The standard InChI is InChI=1S/C17H20N2O3/c1-4-11-17(2,3)13-5-8-15(9-6-13)22-16-10-7-14(12-18-16)19(20)21/h5-10,12H,4,11H2,1-3H3. The fourth-order valence-electron chi connectivity index (χ4n) is 2.41. The first kappa shape index (κ1) is 15.9. The average molecular weight is 300 g/mol. The first-order valence-electron chi connectivity index (χ1n) is 7.31. The molecule has 0 aliphatic carbocycles. The van der Waals surface area contributed by atoms with Crippen LogP contribution in [0.3, 0.4) is 0 Å². The van der Waals surface area contributed by atoms with E-state index >= 15 is 0 Å². The van der Waals surface area contributed by atoms with E-state index in [1.807, 2.05) is 12.1 Å². The monoisotopic (exact) mass is 300 g/mol. The highest BCUT2D eigenvalue weighted by molar-refractivity contribution is 5.35. The molecule has 5 nitrogen and oxygen atoms in total. The molecule has 22 heavy (non-hydrogen) atoms. The Morgan fingerprint density at radius 2 is 1.86 bits per heavy atom. The summed E-state index contributed by atoms with van der Waals surface area (Å²) < 4.78 is 5.61. The molecule has 5 heteroatoms. The van der Waals surface area contributed by atoms with E-state index < -0.39 is 4.92 Å². The highest BCUT2D eigenvalue weighted by Gasteiger charge is 2.19. The highest BCUT2D eigenvalue weighted by atomic mass is 16.6. The molecule has 1 heterocycles. The van der Waals surface area contributed by atoms with Gasteiger partial charge in [-0.05, 0) is 29.5 Å². The minimum absolute atomic E-state index is 0.0518. The molecule has 0 unspecified atom stereocenters. The van der Waals surface area contributed by atoms with Gasteiger partial charge in [0.15, 0.2) is 0 Å². The predicted molar refractivity (Wildman–Crippen MR) is 85.3 cm³/mol. The van der Waals surface area contributed by atoms with Crippen molar-refractivity contribution in [2.75, 3.05) is 0 Å². The lowest BCUT2D eigenvalue weighted by molar-refractivity contribution is -0.385. The molecule has 1 aromatic heterocycles. The van der Waals surface area contributed by atoms with Crippen molar-refractivity contribution in [1.29, 1.82) is 0 Å². The van der Waals surface area contributed by atoms with E-state index in [-0.39, 0.29) is 11.1 Å². The SMILES string of the molecule is CCCC(C)(C)c1ccc(Oc2ccc([N+](=O)[O-])cn2)cc1. The van der Waals surface area contributed by atoms with Gasteiger partial charge in [0.05, 0.1) is 4.92 Å². The molecule has 0 atom stereocenters. The Balaban J connectivity index is 2.09. The molecular weight excluding hydrogens is 280 g/mol. The maximum absolute atomic E-state index is 10.6. The minimum atomic E-state index is -0.485. The van der Waals surface area contributed by atoms with Gasteiger partial charge < -0.3 is 4.74 Å². The Labute approximate surface area is 130 Å². The zero-order valence-electron chi connectivity index (χ0n) is 13.1. The summed E-state index contributed by atoms with van der Waals surface area (Å²) in [6.45, 7) is 6.63. The molecule has 2 rings (SSSR count). The lowest BCUT2D eigenvalue weighted by Crippen LogP contribution is -2.16. The molecule has 0 aliphatic heterocycles. The van der Waals surface area contributed by atoms with E-state index in [1.165, 1.54) is 23.9 Å². The smallest absolute Gasteiger partial charge is 0.287 e. The number of hydrogen-bond donors (Lipinski definition) is 0. The van der Waals surface area contributed by atoms with Gasteiger partial charge >= 0.3 is 0 Å². The van der Waals surface area contributed by atoms with Gasteiger partial charge in [0, 0.05) is 12.1 Å². The minimum Gasteiger partial charge on any atom is -0.439 e. The van der Waals surface area contributed by atoms with E-state index in [2.05, 4.69) is 37.9 Å². The lowest BCUT2D eigenvalue weighted by atomic mass is 9.81. The van der Waals surface area contributed by atoms with Crippen LogP contribution in [-0.4, -0.2) is 9.91 Å². The van der Waals surface area contributed by atoms with Crippen LogP contribution < -0.4 is 4.74 Å². The van der Waals surface area contributed by atoms with Crippen LogP contribution >= 0.6 is 0 Å². The molecule has 116 valence electrons. The summed E-state index contributed by atoms with van der Waals surface area (Å²) in [5.74, 6) is 1.00.